The van der Waals surface area contributed by atoms with Crippen LogP contribution in [0.15, 0.2) is 59.0 Å². The third kappa shape index (κ3) is 4.01. The predicted molar refractivity (Wildman–Crippen MR) is 124 cm³/mol. The fourth-order valence-corrected chi connectivity index (χ4v) is 4.33. The van der Waals surface area contributed by atoms with Crippen molar-refractivity contribution in [3.8, 4) is 11.1 Å². The van der Waals surface area contributed by atoms with Gasteiger partial charge < -0.3 is 5.32 Å². The molecule has 5 nitrogen and oxygen atoms in total. The molecule has 152 valence electrons. The van der Waals surface area contributed by atoms with E-state index in [0.717, 1.165) is 23.1 Å². The third-order valence-corrected chi connectivity index (χ3v) is 6.30. The Morgan fingerprint density at radius 3 is 2.67 bits per heavy atom. The van der Waals surface area contributed by atoms with E-state index in [1.165, 1.54) is 27.8 Å². The number of benzene rings is 2. The van der Waals surface area contributed by atoms with Gasteiger partial charge in [-0.3, -0.25) is 14.2 Å². The fourth-order valence-electron chi connectivity index (χ4n) is 3.24. The summed E-state index contributed by atoms with van der Waals surface area (Å²) in [7, 11) is 0. The van der Waals surface area contributed by atoms with Gasteiger partial charge in [0.05, 0.1) is 11.7 Å². The van der Waals surface area contributed by atoms with Gasteiger partial charge in [-0.15, -0.1) is 11.3 Å². The van der Waals surface area contributed by atoms with Crippen molar-refractivity contribution in [3.05, 3.63) is 80.7 Å². The lowest BCUT2D eigenvalue weighted by Crippen LogP contribution is -2.27. The van der Waals surface area contributed by atoms with Gasteiger partial charge in [0.2, 0.25) is 5.91 Å². The van der Waals surface area contributed by atoms with Crippen molar-refractivity contribution >= 4 is 44.7 Å². The molecule has 1 amide bonds. The fraction of sp³-hybridized carbons (Fsp3) is 0.174. The number of thiophene rings is 1. The molecular formula is C23H20ClN3O2S. The van der Waals surface area contributed by atoms with E-state index in [2.05, 4.69) is 29.4 Å². The number of aryl methyl sites for hydroxylation is 2. The second-order valence-electron chi connectivity index (χ2n) is 7.07. The molecule has 4 aromatic rings. The van der Waals surface area contributed by atoms with Gasteiger partial charge in [0, 0.05) is 21.7 Å². The van der Waals surface area contributed by atoms with Crippen LogP contribution < -0.4 is 10.9 Å². The number of rotatable bonds is 5. The summed E-state index contributed by atoms with van der Waals surface area (Å²) in [5.41, 5.74) is 4.33. The summed E-state index contributed by atoms with van der Waals surface area (Å²) < 4.78 is 1.34. The highest BCUT2D eigenvalue weighted by molar-refractivity contribution is 7.17. The minimum Gasteiger partial charge on any atom is -0.324 e. The SMILES string of the molecule is CCc1ccc(-c2csc3ncn(CC(=O)Nc4ccc(C)c(Cl)c4)c(=O)c23)cc1. The number of anilines is 1. The minimum atomic E-state index is -0.317. The molecule has 0 unspecified atom stereocenters. The number of nitrogens with zero attached hydrogens (tertiary/aromatic N) is 2. The highest BCUT2D eigenvalue weighted by atomic mass is 35.5. The molecule has 0 aliphatic heterocycles. The van der Waals surface area contributed by atoms with Crippen LogP contribution in [0.25, 0.3) is 21.3 Å². The predicted octanol–water partition coefficient (Wildman–Crippen LogP) is 5.29. The number of carbonyl (C=O) groups is 1. The van der Waals surface area contributed by atoms with Gasteiger partial charge in [0.1, 0.15) is 11.4 Å². The highest BCUT2D eigenvalue weighted by Crippen LogP contribution is 2.30. The van der Waals surface area contributed by atoms with E-state index in [0.29, 0.717) is 20.9 Å². The van der Waals surface area contributed by atoms with E-state index < -0.39 is 0 Å². The molecule has 0 saturated carbocycles. The lowest BCUT2D eigenvalue weighted by Gasteiger charge is -2.09. The summed E-state index contributed by atoms with van der Waals surface area (Å²) in [5.74, 6) is -0.317. The van der Waals surface area contributed by atoms with Gasteiger partial charge in [-0.25, -0.2) is 4.98 Å². The molecule has 7 heteroatoms. The molecule has 0 aliphatic carbocycles. The van der Waals surface area contributed by atoms with E-state index in [1.807, 2.05) is 30.5 Å². The van der Waals surface area contributed by atoms with Crippen LogP contribution in [-0.4, -0.2) is 15.5 Å². The van der Waals surface area contributed by atoms with Crippen LogP contribution in [0.3, 0.4) is 0 Å². The Hall–Kier alpha value is -2.96. The Morgan fingerprint density at radius 2 is 1.97 bits per heavy atom. The first kappa shape index (κ1) is 20.3. The summed E-state index contributed by atoms with van der Waals surface area (Å²) in [6.07, 6.45) is 2.38. The van der Waals surface area contributed by atoms with Crippen LogP contribution in [-0.2, 0) is 17.8 Å². The van der Waals surface area contributed by atoms with Crippen molar-refractivity contribution in [2.45, 2.75) is 26.8 Å². The van der Waals surface area contributed by atoms with E-state index >= 15 is 0 Å². The van der Waals surface area contributed by atoms with Crippen molar-refractivity contribution in [3.63, 3.8) is 0 Å². The largest absolute Gasteiger partial charge is 0.324 e. The average Bonchev–Trinajstić information content (AvgIpc) is 3.18. The Kier molecular flexibility index (Phi) is 5.70. The van der Waals surface area contributed by atoms with Crippen molar-refractivity contribution in [2.75, 3.05) is 5.32 Å². The van der Waals surface area contributed by atoms with Gasteiger partial charge in [-0.1, -0.05) is 48.9 Å². The number of amides is 1. The number of hydrogen-bond donors (Lipinski definition) is 1. The summed E-state index contributed by atoms with van der Waals surface area (Å²) in [5, 5.41) is 5.84. The molecule has 2 heterocycles. The molecule has 0 spiro atoms. The summed E-state index contributed by atoms with van der Waals surface area (Å²) >= 11 is 7.54. The first-order valence-electron chi connectivity index (χ1n) is 9.58. The number of carbonyl (C=O) groups excluding carboxylic acids is 1. The monoisotopic (exact) mass is 437 g/mol. The molecule has 0 atom stereocenters. The van der Waals surface area contributed by atoms with Crippen LogP contribution >= 0.6 is 22.9 Å². The van der Waals surface area contributed by atoms with Crippen LogP contribution in [0.2, 0.25) is 5.02 Å². The zero-order valence-electron chi connectivity index (χ0n) is 16.6. The maximum atomic E-state index is 13.1. The van der Waals surface area contributed by atoms with E-state index in [9.17, 15) is 9.59 Å². The Labute approximate surface area is 183 Å². The van der Waals surface area contributed by atoms with Crippen molar-refractivity contribution < 1.29 is 4.79 Å². The van der Waals surface area contributed by atoms with Gasteiger partial charge in [0.25, 0.3) is 5.56 Å². The van der Waals surface area contributed by atoms with E-state index in [-0.39, 0.29) is 18.0 Å². The lowest BCUT2D eigenvalue weighted by atomic mass is 10.0. The van der Waals surface area contributed by atoms with Gasteiger partial charge in [-0.05, 0) is 42.2 Å². The summed E-state index contributed by atoms with van der Waals surface area (Å²) in [6, 6.07) is 13.5. The van der Waals surface area contributed by atoms with Gasteiger partial charge >= 0.3 is 0 Å². The first-order valence-corrected chi connectivity index (χ1v) is 10.8. The normalized spacial score (nSPS) is 11.0. The maximum absolute atomic E-state index is 13.1. The second-order valence-corrected chi connectivity index (χ2v) is 8.34. The molecule has 2 aromatic heterocycles. The maximum Gasteiger partial charge on any atom is 0.263 e. The third-order valence-electron chi connectivity index (χ3n) is 5.00. The molecule has 4 rings (SSSR count). The molecule has 1 N–H and O–H groups in total. The van der Waals surface area contributed by atoms with Crippen LogP contribution in [0.5, 0.6) is 0 Å². The molecule has 30 heavy (non-hydrogen) atoms. The molecule has 2 aromatic carbocycles. The quantitative estimate of drug-likeness (QED) is 0.461. The van der Waals surface area contributed by atoms with E-state index in [1.54, 1.807) is 12.1 Å². The standard InChI is InChI=1S/C23H20ClN3O2S/c1-3-15-5-7-16(8-6-15)18-12-30-22-21(18)23(29)27(13-25-22)11-20(28)26-17-9-4-14(2)19(24)10-17/h4-10,12-13H,3,11H2,1-2H3,(H,26,28). The number of nitrogens with one attached hydrogen (secondary N) is 1. The van der Waals surface area contributed by atoms with Gasteiger partial charge in [-0.2, -0.15) is 0 Å². The molecule has 0 saturated heterocycles. The zero-order chi connectivity index (χ0) is 21.3. The summed E-state index contributed by atoms with van der Waals surface area (Å²) in [6.45, 7) is 3.87. The number of aromatic nitrogens is 2. The van der Waals surface area contributed by atoms with Gasteiger partial charge in [0.15, 0.2) is 0 Å². The average molecular weight is 438 g/mol. The Morgan fingerprint density at radius 1 is 1.20 bits per heavy atom. The molecular weight excluding hydrogens is 418 g/mol. The number of fused-ring (bicyclic) bond motifs is 1. The van der Waals surface area contributed by atoms with Crippen molar-refractivity contribution in [2.24, 2.45) is 0 Å². The van der Waals surface area contributed by atoms with Crippen LogP contribution in [0, 0.1) is 6.92 Å². The molecule has 0 aliphatic rings. The topological polar surface area (TPSA) is 64.0 Å². The zero-order valence-corrected chi connectivity index (χ0v) is 18.2. The molecule has 0 fully saturated rings. The number of halogens is 1. The highest BCUT2D eigenvalue weighted by Gasteiger charge is 2.15. The smallest absolute Gasteiger partial charge is 0.263 e. The van der Waals surface area contributed by atoms with Crippen LogP contribution in [0.1, 0.15) is 18.1 Å². The Balaban J connectivity index is 1.63. The van der Waals surface area contributed by atoms with Crippen molar-refractivity contribution in [1.29, 1.82) is 0 Å². The lowest BCUT2D eigenvalue weighted by molar-refractivity contribution is -0.116. The van der Waals surface area contributed by atoms with E-state index in [4.69, 9.17) is 11.6 Å². The van der Waals surface area contributed by atoms with Crippen LogP contribution in [0.4, 0.5) is 5.69 Å². The molecule has 0 bridgehead atoms. The second kappa shape index (κ2) is 8.42. The first-order chi connectivity index (χ1) is 14.5. The van der Waals surface area contributed by atoms with Crippen molar-refractivity contribution in [1.82, 2.24) is 9.55 Å². The number of hydrogen-bond acceptors (Lipinski definition) is 4. The Bertz CT molecular complexity index is 1290. The minimum absolute atomic E-state index is 0.128. The molecule has 0 radical (unpaired) electrons. The summed E-state index contributed by atoms with van der Waals surface area (Å²) in [4.78, 5) is 30.7.